The first-order valence-corrected chi connectivity index (χ1v) is 9.70. The van der Waals surface area contributed by atoms with Gasteiger partial charge in [0.2, 0.25) is 0 Å². The molecule has 0 saturated carbocycles. The van der Waals surface area contributed by atoms with Crippen LogP contribution in [0.1, 0.15) is 23.6 Å². The summed E-state index contributed by atoms with van der Waals surface area (Å²) < 4.78 is 28.4. The van der Waals surface area contributed by atoms with Gasteiger partial charge in [-0.25, -0.2) is 13.2 Å². The number of ether oxygens (including phenoxy) is 1. The maximum atomic E-state index is 12.2. The van der Waals surface area contributed by atoms with Crippen molar-refractivity contribution < 1.29 is 23.2 Å². The molecule has 6 nitrogen and oxygen atoms in total. The summed E-state index contributed by atoms with van der Waals surface area (Å²) in [6.45, 7) is 1.80. The molecule has 0 unspecified atom stereocenters. The molecule has 0 spiro atoms. The quantitative estimate of drug-likeness (QED) is 0.386. The zero-order chi connectivity index (χ0) is 18.9. The molecule has 0 atom stereocenters. The van der Waals surface area contributed by atoms with E-state index in [2.05, 4.69) is 5.16 Å². The van der Waals surface area contributed by atoms with Crippen LogP contribution in [0.5, 0.6) is 0 Å². The van der Waals surface area contributed by atoms with Crippen LogP contribution in [0.3, 0.4) is 0 Å². The molecular weight excluding hydrogens is 354 g/mol. The summed E-state index contributed by atoms with van der Waals surface area (Å²) >= 11 is 0. The van der Waals surface area contributed by atoms with Gasteiger partial charge in [-0.1, -0.05) is 41.6 Å². The highest BCUT2D eigenvalue weighted by Gasteiger charge is 2.27. The fourth-order valence-electron chi connectivity index (χ4n) is 2.76. The number of oxime groups is 1. The van der Waals surface area contributed by atoms with Crippen LogP contribution in [-0.4, -0.2) is 38.2 Å². The Hall–Kier alpha value is -2.93. The maximum Gasteiger partial charge on any atom is 0.339 e. The minimum absolute atomic E-state index is 0.130. The van der Waals surface area contributed by atoms with Gasteiger partial charge in [0.25, 0.3) is 0 Å². The number of esters is 1. The largest absolute Gasteiger partial charge is 0.457 e. The number of carbonyl (C=O) groups is 1. The Labute approximate surface area is 151 Å². The summed E-state index contributed by atoms with van der Waals surface area (Å²) in [6.07, 6.45) is 1.15. The number of sulfone groups is 1. The molecule has 2 aromatic rings. The summed E-state index contributed by atoms with van der Waals surface area (Å²) in [5.41, 5.74) is 3.77. The smallest absolute Gasteiger partial charge is 0.339 e. The predicted molar refractivity (Wildman–Crippen MR) is 97.8 cm³/mol. The molecule has 26 heavy (non-hydrogen) atoms. The van der Waals surface area contributed by atoms with E-state index in [0.717, 1.165) is 17.4 Å². The zero-order valence-corrected chi connectivity index (χ0v) is 15.1. The SMILES string of the molecule is C/C(=N/O)c1ccc(C2=C(c3ccc(S(C)(=O)=O)cc3)COC2=O)cc1. The Bertz CT molecular complexity index is 1020. The second-order valence-electron chi connectivity index (χ2n) is 5.99. The Kier molecular flexibility index (Phi) is 4.65. The van der Waals surface area contributed by atoms with E-state index in [0.29, 0.717) is 22.4 Å². The van der Waals surface area contributed by atoms with Crippen LogP contribution in [0.25, 0.3) is 11.1 Å². The van der Waals surface area contributed by atoms with E-state index in [4.69, 9.17) is 9.94 Å². The third-order valence-corrected chi connectivity index (χ3v) is 5.35. The van der Waals surface area contributed by atoms with Crippen molar-refractivity contribution in [1.82, 2.24) is 0 Å². The zero-order valence-electron chi connectivity index (χ0n) is 14.3. The first kappa shape index (κ1) is 17.9. The van der Waals surface area contributed by atoms with Crippen molar-refractivity contribution in [3.8, 4) is 0 Å². The topological polar surface area (TPSA) is 93.0 Å². The molecule has 7 heteroatoms. The lowest BCUT2D eigenvalue weighted by atomic mass is 9.95. The molecule has 134 valence electrons. The van der Waals surface area contributed by atoms with E-state index in [1.165, 1.54) is 12.1 Å². The van der Waals surface area contributed by atoms with E-state index < -0.39 is 15.8 Å². The molecule has 1 heterocycles. The lowest BCUT2D eigenvalue weighted by molar-refractivity contribution is -0.133. The maximum absolute atomic E-state index is 12.2. The minimum atomic E-state index is -3.28. The van der Waals surface area contributed by atoms with Crippen molar-refractivity contribution in [2.24, 2.45) is 5.16 Å². The summed E-state index contributed by atoms with van der Waals surface area (Å²) in [5, 5.41) is 12.0. The third-order valence-electron chi connectivity index (χ3n) is 4.23. The number of hydrogen-bond acceptors (Lipinski definition) is 6. The van der Waals surface area contributed by atoms with Crippen LogP contribution in [-0.2, 0) is 19.4 Å². The standard InChI is InChI=1S/C19H17NO5S/c1-12(20-22)13-3-5-15(6-4-13)18-17(11-25-19(18)21)14-7-9-16(10-8-14)26(2,23)24/h3-10,22H,11H2,1-2H3/b20-12-. The Balaban J connectivity index is 2.04. The molecule has 0 radical (unpaired) electrons. The summed E-state index contributed by atoms with van der Waals surface area (Å²) in [7, 11) is -3.28. The van der Waals surface area contributed by atoms with E-state index in [1.54, 1.807) is 43.3 Å². The molecule has 1 aliphatic rings. The van der Waals surface area contributed by atoms with Crippen molar-refractivity contribution >= 4 is 32.7 Å². The number of cyclic esters (lactones) is 1. The highest BCUT2D eigenvalue weighted by molar-refractivity contribution is 7.90. The average Bonchev–Trinajstić information content (AvgIpc) is 3.02. The van der Waals surface area contributed by atoms with Crippen LogP contribution in [0, 0.1) is 0 Å². The Morgan fingerprint density at radius 2 is 1.62 bits per heavy atom. The number of nitrogens with zero attached hydrogens (tertiary/aromatic N) is 1. The van der Waals surface area contributed by atoms with Gasteiger partial charge in [-0.05, 0) is 35.7 Å². The second kappa shape index (κ2) is 6.76. The minimum Gasteiger partial charge on any atom is -0.457 e. The normalized spacial score (nSPS) is 15.3. The molecule has 1 aliphatic heterocycles. The number of hydrogen-bond donors (Lipinski definition) is 1. The molecule has 0 fully saturated rings. The molecule has 0 saturated heterocycles. The van der Waals surface area contributed by atoms with E-state index in [9.17, 15) is 13.2 Å². The fraction of sp³-hybridized carbons (Fsp3) is 0.158. The summed E-state index contributed by atoms with van der Waals surface area (Å²) in [4.78, 5) is 12.4. The third kappa shape index (κ3) is 3.39. The number of rotatable bonds is 4. The monoisotopic (exact) mass is 371 g/mol. The van der Waals surface area contributed by atoms with Crippen LogP contribution >= 0.6 is 0 Å². The van der Waals surface area contributed by atoms with E-state index in [1.807, 2.05) is 0 Å². The molecule has 3 rings (SSSR count). The molecule has 1 N–H and O–H groups in total. The lowest BCUT2D eigenvalue weighted by Gasteiger charge is -2.07. The second-order valence-corrected chi connectivity index (χ2v) is 8.00. The Morgan fingerprint density at radius 3 is 2.15 bits per heavy atom. The van der Waals surface area contributed by atoms with Gasteiger partial charge in [-0.3, -0.25) is 0 Å². The molecule has 0 aliphatic carbocycles. The molecule has 0 bridgehead atoms. The number of carbonyl (C=O) groups excluding carboxylic acids is 1. The van der Waals surface area contributed by atoms with E-state index in [-0.39, 0.29) is 11.5 Å². The van der Waals surface area contributed by atoms with Crippen LogP contribution in [0.15, 0.2) is 58.6 Å². The van der Waals surface area contributed by atoms with Crippen LogP contribution in [0.4, 0.5) is 0 Å². The average molecular weight is 371 g/mol. The summed E-state index contributed by atoms with van der Waals surface area (Å²) in [6, 6.07) is 13.4. The lowest BCUT2D eigenvalue weighted by Crippen LogP contribution is -2.00. The molecule has 2 aromatic carbocycles. The van der Waals surface area contributed by atoms with Gasteiger partial charge in [0.15, 0.2) is 9.84 Å². The number of benzene rings is 2. The van der Waals surface area contributed by atoms with Gasteiger partial charge in [0, 0.05) is 11.8 Å². The van der Waals surface area contributed by atoms with Crippen molar-refractivity contribution in [1.29, 1.82) is 0 Å². The molecular formula is C19H17NO5S. The summed E-state index contributed by atoms with van der Waals surface area (Å²) in [5.74, 6) is -0.424. The van der Waals surface area contributed by atoms with E-state index >= 15 is 0 Å². The molecule has 0 amide bonds. The van der Waals surface area contributed by atoms with Crippen LogP contribution in [0.2, 0.25) is 0 Å². The van der Waals surface area contributed by atoms with Gasteiger partial charge in [-0.2, -0.15) is 0 Å². The van der Waals surface area contributed by atoms with Crippen molar-refractivity contribution in [2.75, 3.05) is 12.9 Å². The van der Waals surface area contributed by atoms with Crippen molar-refractivity contribution in [3.05, 3.63) is 65.2 Å². The Morgan fingerprint density at radius 1 is 1.04 bits per heavy atom. The van der Waals surface area contributed by atoms with Crippen molar-refractivity contribution in [3.63, 3.8) is 0 Å². The predicted octanol–water partition coefficient (Wildman–Crippen LogP) is 2.76. The van der Waals surface area contributed by atoms with Gasteiger partial charge in [-0.15, -0.1) is 0 Å². The van der Waals surface area contributed by atoms with Crippen molar-refractivity contribution in [2.45, 2.75) is 11.8 Å². The van der Waals surface area contributed by atoms with Gasteiger partial charge in [0.1, 0.15) is 6.61 Å². The first-order valence-electron chi connectivity index (χ1n) is 7.81. The first-order chi connectivity index (χ1) is 12.3. The van der Waals surface area contributed by atoms with Gasteiger partial charge < -0.3 is 9.94 Å². The van der Waals surface area contributed by atoms with Gasteiger partial charge in [0.05, 0.1) is 16.2 Å². The highest BCUT2D eigenvalue weighted by atomic mass is 32.2. The van der Waals surface area contributed by atoms with Crippen LogP contribution < -0.4 is 0 Å². The van der Waals surface area contributed by atoms with Gasteiger partial charge >= 0.3 is 5.97 Å². The molecule has 0 aromatic heterocycles. The fourth-order valence-corrected chi connectivity index (χ4v) is 3.39. The highest BCUT2D eigenvalue weighted by Crippen LogP contribution is 2.33.